The van der Waals surface area contributed by atoms with Crippen molar-refractivity contribution in [2.75, 3.05) is 0 Å². The summed E-state index contributed by atoms with van der Waals surface area (Å²) in [6, 6.07) is 4.11. The van der Waals surface area contributed by atoms with Crippen LogP contribution < -0.4 is 0 Å². The molecule has 0 fully saturated rings. The van der Waals surface area contributed by atoms with E-state index in [-0.39, 0.29) is 5.78 Å². The maximum atomic E-state index is 11.1. The first kappa shape index (κ1) is 9.38. The van der Waals surface area contributed by atoms with E-state index < -0.39 is 0 Å². The van der Waals surface area contributed by atoms with Gasteiger partial charge in [-0.3, -0.25) is 4.98 Å². The van der Waals surface area contributed by atoms with Crippen molar-refractivity contribution in [2.45, 2.75) is 38.5 Å². The molecule has 1 aliphatic rings. The highest BCUT2D eigenvalue weighted by molar-refractivity contribution is 5.76. The summed E-state index contributed by atoms with van der Waals surface area (Å²) < 4.78 is 0. The van der Waals surface area contributed by atoms with Crippen LogP contribution in [0.4, 0.5) is 0 Å². The molecule has 1 atom stereocenters. The number of carbonyl (C=O) groups excluding carboxylic acids is 1. The third-order valence-corrected chi connectivity index (χ3v) is 2.85. The van der Waals surface area contributed by atoms with E-state index in [1.54, 1.807) is 6.92 Å². The fourth-order valence-corrected chi connectivity index (χ4v) is 2.25. The molecule has 2 nitrogen and oxygen atoms in total. The maximum Gasteiger partial charge on any atom is 0.130 e. The normalized spacial score (nSPS) is 20.2. The van der Waals surface area contributed by atoms with Crippen LogP contribution >= 0.6 is 0 Å². The Hall–Kier alpha value is -1.18. The number of hydrogen-bond acceptors (Lipinski definition) is 2. The second-order valence-electron chi connectivity index (χ2n) is 4.04. The molecule has 0 saturated carbocycles. The number of pyridine rings is 1. The van der Waals surface area contributed by atoms with Gasteiger partial charge in [0.05, 0.1) is 0 Å². The van der Waals surface area contributed by atoms with Gasteiger partial charge in [0.25, 0.3) is 0 Å². The molecular formula is C12H15NO. The Labute approximate surface area is 84.4 Å². The molecule has 1 aromatic rings. The first-order valence-corrected chi connectivity index (χ1v) is 5.20. The van der Waals surface area contributed by atoms with Crippen LogP contribution in [-0.4, -0.2) is 10.8 Å². The van der Waals surface area contributed by atoms with Gasteiger partial charge in [-0.05, 0) is 37.8 Å². The minimum atomic E-state index is 0.272. The number of hydrogen-bond donors (Lipinski definition) is 0. The van der Waals surface area contributed by atoms with Crippen molar-refractivity contribution in [1.29, 1.82) is 0 Å². The van der Waals surface area contributed by atoms with Crippen molar-refractivity contribution in [3.8, 4) is 0 Å². The van der Waals surface area contributed by atoms with Crippen LogP contribution in [0.2, 0.25) is 0 Å². The summed E-state index contributed by atoms with van der Waals surface area (Å²) in [5.74, 6) is 0.644. The van der Waals surface area contributed by atoms with E-state index in [4.69, 9.17) is 0 Å². The van der Waals surface area contributed by atoms with E-state index in [1.807, 2.05) is 12.3 Å². The first-order chi connectivity index (χ1) is 6.77. The van der Waals surface area contributed by atoms with Gasteiger partial charge in [-0.15, -0.1) is 0 Å². The lowest BCUT2D eigenvalue weighted by atomic mass is 9.84. The fourth-order valence-electron chi connectivity index (χ4n) is 2.25. The number of rotatable bonds is 2. The molecule has 2 heteroatoms. The molecule has 0 spiro atoms. The molecular weight excluding hydrogens is 174 g/mol. The van der Waals surface area contributed by atoms with E-state index in [0.29, 0.717) is 12.3 Å². The van der Waals surface area contributed by atoms with Crippen LogP contribution in [0, 0.1) is 0 Å². The molecule has 14 heavy (non-hydrogen) atoms. The lowest BCUT2D eigenvalue weighted by Crippen LogP contribution is -2.14. The number of aryl methyl sites for hydroxylation is 1. The van der Waals surface area contributed by atoms with Crippen molar-refractivity contribution in [2.24, 2.45) is 0 Å². The zero-order chi connectivity index (χ0) is 9.97. The van der Waals surface area contributed by atoms with E-state index in [1.165, 1.54) is 12.0 Å². The third-order valence-electron chi connectivity index (χ3n) is 2.85. The molecule has 0 saturated heterocycles. The summed E-state index contributed by atoms with van der Waals surface area (Å²) in [4.78, 5) is 15.5. The minimum absolute atomic E-state index is 0.272. The number of fused-ring (bicyclic) bond motifs is 1. The average molecular weight is 189 g/mol. The van der Waals surface area contributed by atoms with Gasteiger partial charge < -0.3 is 4.79 Å². The molecule has 1 aromatic heterocycles. The maximum absolute atomic E-state index is 11.1. The molecule has 1 aliphatic carbocycles. The molecule has 1 unspecified atom stereocenters. The monoisotopic (exact) mass is 189 g/mol. The number of nitrogens with zero attached hydrogens (tertiary/aromatic N) is 1. The van der Waals surface area contributed by atoms with E-state index in [2.05, 4.69) is 11.1 Å². The van der Waals surface area contributed by atoms with Crippen molar-refractivity contribution < 1.29 is 4.79 Å². The van der Waals surface area contributed by atoms with Crippen molar-refractivity contribution in [3.63, 3.8) is 0 Å². The highest BCUT2D eigenvalue weighted by Gasteiger charge is 2.21. The number of Topliss-reactive ketones (excluding diaryl/α,β-unsaturated/α-hetero) is 1. The van der Waals surface area contributed by atoms with Gasteiger partial charge in [0.2, 0.25) is 0 Å². The average Bonchev–Trinajstić information content (AvgIpc) is 2.18. The van der Waals surface area contributed by atoms with E-state index in [0.717, 1.165) is 18.5 Å². The first-order valence-electron chi connectivity index (χ1n) is 5.20. The topological polar surface area (TPSA) is 30.0 Å². The Bertz CT molecular complexity index is 346. The molecule has 1 heterocycles. The number of carbonyl (C=O) groups is 1. The Kier molecular flexibility index (Phi) is 2.62. The van der Waals surface area contributed by atoms with Gasteiger partial charge in [0.15, 0.2) is 0 Å². The van der Waals surface area contributed by atoms with Crippen LogP contribution in [-0.2, 0) is 11.2 Å². The van der Waals surface area contributed by atoms with Crippen LogP contribution in [0.15, 0.2) is 18.3 Å². The van der Waals surface area contributed by atoms with Gasteiger partial charge in [-0.25, -0.2) is 0 Å². The summed E-state index contributed by atoms with van der Waals surface area (Å²) in [5.41, 5.74) is 2.50. The molecule has 0 amide bonds. The van der Waals surface area contributed by atoms with Gasteiger partial charge in [0, 0.05) is 24.2 Å². The number of ketones is 1. The summed E-state index contributed by atoms with van der Waals surface area (Å²) >= 11 is 0. The van der Waals surface area contributed by atoms with Crippen LogP contribution in [0.1, 0.15) is 43.4 Å². The smallest absolute Gasteiger partial charge is 0.130 e. The molecule has 0 aromatic carbocycles. The molecule has 0 bridgehead atoms. The highest BCUT2D eigenvalue weighted by atomic mass is 16.1. The quantitative estimate of drug-likeness (QED) is 0.715. The van der Waals surface area contributed by atoms with Crippen LogP contribution in [0.25, 0.3) is 0 Å². The van der Waals surface area contributed by atoms with Gasteiger partial charge in [0.1, 0.15) is 5.78 Å². The Morgan fingerprint density at radius 2 is 2.50 bits per heavy atom. The zero-order valence-corrected chi connectivity index (χ0v) is 8.49. The van der Waals surface area contributed by atoms with Crippen LogP contribution in [0.3, 0.4) is 0 Å². The Balaban J connectivity index is 2.26. The Morgan fingerprint density at radius 1 is 1.64 bits per heavy atom. The third kappa shape index (κ3) is 1.84. The van der Waals surface area contributed by atoms with Crippen LogP contribution in [0.5, 0.6) is 0 Å². The van der Waals surface area contributed by atoms with Crippen molar-refractivity contribution in [1.82, 2.24) is 4.98 Å². The summed E-state index contributed by atoms with van der Waals surface area (Å²) in [6.07, 6.45) is 5.92. The summed E-state index contributed by atoms with van der Waals surface area (Å²) in [7, 11) is 0. The van der Waals surface area contributed by atoms with Crippen molar-refractivity contribution in [3.05, 3.63) is 29.6 Å². The summed E-state index contributed by atoms with van der Waals surface area (Å²) in [5, 5.41) is 0. The fraction of sp³-hybridized carbons (Fsp3) is 0.500. The minimum Gasteiger partial charge on any atom is -0.300 e. The van der Waals surface area contributed by atoms with E-state index >= 15 is 0 Å². The summed E-state index contributed by atoms with van der Waals surface area (Å²) in [6.45, 7) is 1.66. The van der Waals surface area contributed by atoms with Gasteiger partial charge in [-0.2, -0.15) is 0 Å². The lowest BCUT2D eigenvalue weighted by Gasteiger charge is -2.23. The van der Waals surface area contributed by atoms with Gasteiger partial charge >= 0.3 is 0 Å². The predicted octanol–water partition coefficient (Wildman–Crippen LogP) is 2.48. The van der Waals surface area contributed by atoms with Gasteiger partial charge in [-0.1, -0.05) is 6.07 Å². The molecule has 0 radical (unpaired) electrons. The molecule has 0 aliphatic heterocycles. The Morgan fingerprint density at radius 3 is 3.29 bits per heavy atom. The largest absolute Gasteiger partial charge is 0.300 e. The standard InChI is InChI=1S/C12H15NO/c1-9(14)8-11-5-2-4-10-6-3-7-13-12(10)11/h3,6-7,11H,2,4-5,8H2,1H3. The SMILES string of the molecule is CC(=O)CC1CCCc2cccnc21. The second kappa shape index (κ2) is 3.91. The zero-order valence-electron chi connectivity index (χ0n) is 8.49. The predicted molar refractivity (Wildman–Crippen MR) is 55.2 cm³/mol. The number of aromatic nitrogens is 1. The molecule has 0 N–H and O–H groups in total. The lowest BCUT2D eigenvalue weighted by molar-refractivity contribution is -0.117. The second-order valence-corrected chi connectivity index (χ2v) is 4.04. The van der Waals surface area contributed by atoms with E-state index in [9.17, 15) is 4.79 Å². The molecule has 2 rings (SSSR count). The highest BCUT2D eigenvalue weighted by Crippen LogP contribution is 2.32. The molecule has 74 valence electrons. The van der Waals surface area contributed by atoms with Crippen molar-refractivity contribution >= 4 is 5.78 Å².